The van der Waals surface area contributed by atoms with Crippen molar-refractivity contribution in [1.29, 1.82) is 0 Å². The number of hydrogen-bond donors (Lipinski definition) is 1. The predicted molar refractivity (Wildman–Crippen MR) is 86.3 cm³/mol. The number of carbonyl (C=O) groups excluding carboxylic acids is 1. The molecule has 2 heterocycles. The summed E-state index contributed by atoms with van der Waals surface area (Å²) >= 11 is 1.23. The van der Waals surface area contributed by atoms with E-state index in [9.17, 15) is 18.0 Å². The third-order valence-electron chi connectivity index (χ3n) is 4.32. The Labute approximate surface area is 138 Å². The Bertz CT molecular complexity index is 765. The standard InChI is InChI=1S/C13H20N4O4S2/c1-8(11(18)16(2)10-5-6-23(20,21)7-10)22-13-15-14-12(19)17(13)9-3-4-9/h8-10H,3-7H2,1-2H3,(H,14,19)/t8-,10-/m0/s1. The first-order valence-corrected chi connectivity index (χ1v) is 10.3. The van der Waals surface area contributed by atoms with Gasteiger partial charge in [-0.2, -0.15) is 0 Å². The maximum atomic E-state index is 12.5. The summed E-state index contributed by atoms with van der Waals surface area (Å²) in [6.07, 6.45) is 2.39. The molecule has 1 aliphatic carbocycles. The van der Waals surface area contributed by atoms with Crippen LogP contribution in [0.15, 0.2) is 9.95 Å². The van der Waals surface area contributed by atoms with E-state index in [2.05, 4.69) is 10.2 Å². The number of aromatic nitrogens is 3. The number of H-pyrrole nitrogens is 1. The van der Waals surface area contributed by atoms with Crippen LogP contribution in [-0.2, 0) is 14.6 Å². The molecular weight excluding hydrogens is 340 g/mol. The molecule has 3 rings (SSSR count). The van der Waals surface area contributed by atoms with E-state index in [0.29, 0.717) is 11.6 Å². The molecule has 0 bridgehead atoms. The zero-order valence-corrected chi connectivity index (χ0v) is 14.7. The van der Waals surface area contributed by atoms with Crippen LogP contribution in [0.5, 0.6) is 0 Å². The van der Waals surface area contributed by atoms with Crippen molar-refractivity contribution in [2.24, 2.45) is 0 Å². The Morgan fingerprint density at radius 1 is 1.43 bits per heavy atom. The van der Waals surface area contributed by atoms with Crippen LogP contribution >= 0.6 is 11.8 Å². The van der Waals surface area contributed by atoms with Gasteiger partial charge in [0.25, 0.3) is 0 Å². The highest BCUT2D eigenvalue weighted by Crippen LogP contribution is 2.37. The van der Waals surface area contributed by atoms with Crippen LogP contribution in [0.4, 0.5) is 0 Å². The summed E-state index contributed by atoms with van der Waals surface area (Å²) in [7, 11) is -1.39. The van der Waals surface area contributed by atoms with Crippen LogP contribution in [0.25, 0.3) is 0 Å². The number of nitrogens with one attached hydrogen (secondary N) is 1. The fourth-order valence-electron chi connectivity index (χ4n) is 2.78. The Morgan fingerprint density at radius 3 is 2.70 bits per heavy atom. The Morgan fingerprint density at radius 2 is 2.13 bits per heavy atom. The van der Waals surface area contributed by atoms with Gasteiger partial charge in [-0.15, -0.1) is 5.10 Å². The second kappa shape index (κ2) is 5.97. The van der Waals surface area contributed by atoms with Gasteiger partial charge >= 0.3 is 5.69 Å². The lowest BCUT2D eigenvalue weighted by Crippen LogP contribution is -2.41. The number of thioether (sulfide) groups is 1. The van der Waals surface area contributed by atoms with Crippen molar-refractivity contribution in [3.63, 3.8) is 0 Å². The molecule has 0 aromatic carbocycles. The first kappa shape index (κ1) is 16.6. The van der Waals surface area contributed by atoms with Gasteiger partial charge < -0.3 is 4.90 Å². The van der Waals surface area contributed by atoms with E-state index in [1.165, 1.54) is 16.7 Å². The normalized spacial score (nSPS) is 24.5. The van der Waals surface area contributed by atoms with Gasteiger partial charge in [0.15, 0.2) is 15.0 Å². The molecule has 2 aliphatic rings. The quantitative estimate of drug-likeness (QED) is 0.743. The highest BCUT2D eigenvalue weighted by atomic mass is 32.2. The van der Waals surface area contributed by atoms with Crippen molar-refractivity contribution in [1.82, 2.24) is 19.7 Å². The van der Waals surface area contributed by atoms with Gasteiger partial charge in [-0.05, 0) is 26.2 Å². The molecule has 10 heteroatoms. The lowest BCUT2D eigenvalue weighted by Gasteiger charge is -2.26. The third-order valence-corrected chi connectivity index (χ3v) is 7.12. The second-order valence-electron chi connectivity index (χ2n) is 6.18. The number of rotatable bonds is 5. The van der Waals surface area contributed by atoms with Gasteiger partial charge in [0.05, 0.1) is 16.8 Å². The van der Waals surface area contributed by atoms with Crippen molar-refractivity contribution >= 4 is 27.5 Å². The number of carbonyl (C=O) groups is 1. The van der Waals surface area contributed by atoms with Crippen LogP contribution in [0, 0.1) is 0 Å². The van der Waals surface area contributed by atoms with E-state index < -0.39 is 15.1 Å². The molecule has 1 amide bonds. The lowest BCUT2D eigenvalue weighted by molar-refractivity contribution is -0.130. The zero-order valence-electron chi connectivity index (χ0n) is 13.1. The summed E-state index contributed by atoms with van der Waals surface area (Å²) in [5.74, 6) is 0.0223. The summed E-state index contributed by atoms with van der Waals surface area (Å²) < 4.78 is 24.7. The largest absolute Gasteiger partial charge is 0.344 e. The van der Waals surface area contributed by atoms with Crippen molar-refractivity contribution in [3.05, 3.63) is 10.5 Å². The number of aromatic amines is 1. The molecule has 1 aromatic heterocycles. The number of hydrogen-bond acceptors (Lipinski definition) is 6. The molecule has 1 aromatic rings. The third kappa shape index (κ3) is 3.47. The van der Waals surface area contributed by atoms with Gasteiger partial charge in [-0.3, -0.25) is 9.36 Å². The molecule has 1 saturated heterocycles. The van der Waals surface area contributed by atoms with Gasteiger partial charge in [0.2, 0.25) is 5.91 Å². The minimum atomic E-state index is -3.03. The first-order valence-electron chi connectivity index (χ1n) is 7.59. The highest BCUT2D eigenvalue weighted by Gasteiger charge is 2.35. The Hall–Kier alpha value is -1.29. The fourth-order valence-corrected chi connectivity index (χ4v) is 5.59. The topological polar surface area (TPSA) is 105 Å². The highest BCUT2D eigenvalue weighted by molar-refractivity contribution is 8.00. The van der Waals surface area contributed by atoms with Crippen LogP contribution < -0.4 is 5.69 Å². The molecular formula is C13H20N4O4S2. The molecule has 0 unspecified atom stereocenters. The average Bonchev–Trinajstić information content (AvgIpc) is 3.17. The van der Waals surface area contributed by atoms with Gasteiger partial charge in [0.1, 0.15) is 0 Å². The number of nitrogens with zero attached hydrogens (tertiary/aromatic N) is 3. The van der Waals surface area contributed by atoms with Crippen LogP contribution in [0.3, 0.4) is 0 Å². The minimum Gasteiger partial charge on any atom is -0.341 e. The van der Waals surface area contributed by atoms with E-state index in [0.717, 1.165) is 12.8 Å². The van der Waals surface area contributed by atoms with E-state index >= 15 is 0 Å². The predicted octanol–water partition coefficient (Wildman–Crippen LogP) is 0.0324. The fraction of sp³-hybridized carbons (Fsp3) is 0.769. The minimum absolute atomic E-state index is 0.0296. The van der Waals surface area contributed by atoms with Crippen LogP contribution in [0.1, 0.15) is 32.2 Å². The van der Waals surface area contributed by atoms with E-state index in [1.54, 1.807) is 18.5 Å². The van der Waals surface area contributed by atoms with Gasteiger partial charge in [-0.25, -0.2) is 18.3 Å². The molecule has 2 fully saturated rings. The smallest absolute Gasteiger partial charge is 0.341 e. The summed E-state index contributed by atoms with van der Waals surface area (Å²) in [4.78, 5) is 25.8. The van der Waals surface area contributed by atoms with Crippen LogP contribution in [-0.4, -0.2) is 63.8 Å². The van der Waals surface area contributed by atoms with E-state index in [4.69, 9.17) is 0 Å². The average molecular weight is 360 g/mol. The molecule has 8 nitrogen and oxygen atoms in total. The monoisotopic (exact) mass is 360 g/mol. The van der Waals surface area contributed by atoms with E-state index in [-0.39, 0.29) is 35.2 Å². The molecule has 0 radical (unpaired) electrons. The van der Waals surface area contributed by atoms with Gasteiger partial charge in [0, 0.05) is 19.1 Å². The maximum absolute atomic E-state index is 12.5. The number of sulfone groups is 1. The molecule has 1 N–H and O–H groups in total. The SMILES string of the molecule is C[C@H](Sc1n[nH]c(=O)n1C1CC1)C(=O)N(C)[C@H]1CCS(=O)(=O)C1. The summed E-state index contributed by atoms with van der Waals surface area (Å²) in [6.45, 7) is 1.75. The molecule has 128 valence electrons. The molecule has 1 saturated carbocycles. The maximum Gasteiger partial charge on any atom is 0.344 e. The van der Waals surface area contributed by atoms with Crippen molar-refractivity contribution in [2.45, 2.75) is 48.7 Å². The Balaban J connectivity index is 1.67. The summed E-state index contributed by atoms with van der Waals surface area (Å²) in [5, 5.41) is 6.52. The van der Waals surface area contributed by atoms with Gasteiger partial charge in [-0.1, -0.05) is 11.8 Å². The van der Waals surface area contributed by atoms with Crippen molar-refractivity contribution < 1.29 is 13.2 Å². The Kier molecular flexibility index (Phi) is 4.30. The molecule has 2 atom stereocenters. The zero-order chi connectivity index (χ0) is 16.8. The first-order chi connectivity index (χ1) is 10.8. The van der Waals surface area contributed by atoms with Crippen molar-refractivity contribution in [3.8, 4) is 0 Å². The summed E-state index contributed by atoms with van der Waals surface area (Å²) in [5.41, 5.74) is -0.245. The number of amides is 1. The van der Waals surface area contributed by atoms with Crippen molar-refractivity contribution in [2.75, 3.05) is 18.6 Å². The second-order valence-corrected chi connectivity index (χ2v) is 9.72. The van der Waals surface area contributed by atoms with Crippen LogP contribution in [0.2, 0.25) is 0 Å². The molecule has 1 aliphatic heterocycles. The van der Waals surface area contributed by atoms with E-state index in [1.807, 2.05) is 0 Å². The molecule has 0 spiro atoms. The summed E-state index contributed by atoms with van der Waals surface area (Å²) in [6, 6.07) is -0.0795. The lowest BCUT2D eigenvalue weighted by atomic mass is 10.2. The molecule has 23 heavy (non-hydrogen) atoms.